The van der Waals surface area contributed by atoms with Crippen molar-refractivity contribution < 1.29 is 4.79 Å². The predicted octanol–water partition coefficient (Wildman–Crippen LogP) is 3.73. The number of amides is 1. The normalized spacial score (nSPS) is 10.3. The molecule has 0 fully saturated rings. The van der Waals surface area contributed by atoms with Crippen LogP contribution in [0.4, 0.5) is 5.69 Å². The van der Waals surface area contributed by atoms with Crippen LogP contribution in [0.25, 0.3) is 5.69 Å². The number of anilines is 1. The van der Waals surface area contributed by atoms with Gasteiger partial charge in [-0.2, -0.15) is 0 Å². The second-order valence-corrected chi connectivity index (χ2v) is 5.58. The molecule has 2 aromatic carbocycles. The van der Waals surface area contributed by atoms with Crippen molar-refractivity contribution in [1.82, 2.24) is 9.55 Å². The summed E-state index contributed by atoms with van der Waals surface area (Å²) in [5, 5.41) is 2.96. The average Bonchev–Trinajstić information content (AvgIpc) is 3.02. The molecule has 1 aromatic heterocycles. The van der Waals surface area contributed by atoms with Crippen molar-refractivity contribution in [2.45, 2.75) is 0 Å². The zero-order valence-corrected chi connectivity index (χ0v) is 13.2. The molecule has 0 aliphatic heterocycles. The van der Waals surface area contributed by atoms with Gasteiger partial charge in [0.1, 0.15) is 0 Å². The molecule has 0 saturated heterocycles. The van der Waals surface area contributed by atoms with Crippen molar-refractivity contribution >= 4 is 34.2 Å². The van der Waals surface area contributed by atoms with Gasteiger partial charge in [0, 0.05) is 16.0 Å². The third kappa shape index (κ3) is 2.97. The Labute approximate surface area is 136 Å². The molecule has 21 heavy (non-hydrogen) atoms. The van der Waals surface area contributed by atoms with Gasteiger partial charge in [0.2, 0.25) is 0 Å². The number of carbonyl (C=O) groups excluding carboxylic acids is 1. The van der Waals surface area contributed by atoms with E-state index in [9.17, 15) is 4.79 Å². The van der Waals surface area contributed by atoms with Crippen LogP contribution in [-0.2, 0) is 0 Å². The number of para-hydroxylation sites is 2. The number of imidazole rings is 1. The molecule has 0 aliphatic carbocycles. The summed E-state index contributed by atoms with van der Waals surface area (Å²) < 4.78 is 2.79. The first kappa shape index (κ1) is 13.8. The topological polar surface area (TPSA) is 46.9 Å². The molecule has 0 aliphatic rings. The van der Waals surface area contributed by atoms with Crippen molar-refractivity contribution in [2.24, 2.45) is 0 Å². The largest absolute Gasteiger partial charge is 0.320 e. The van der Waals surface area contributed by atoms with Gasteiger partial charge < -0.3 is 9.88 Å². The predicted molar refractivity (Wildman–Crippen MR) is 90.7 cm³/mol. The van der Waals surface area contributed by atoms with Gasteiger partial charge in [-0.05, 0) is 46.9 Å². The maximum Gasteiger partial charge on any atom is 0.256 e. The van der Waals surface area contributed by atoms with Crippen LogP contribution in [0.5, 0.6) is 0 Å². The quantitative estimate of drug-likeness (QED) is 0.694. The van der Waals surface area contributed by atoms with E-state index in [0.717, 1.165) is 14.9 Å². The molecule has 0 atom stereocenters. The Balaban J connectivity index is 1.93. The van der Waals surface area contributed by atoms with Crippen LogP contribution in [0, 0.1) is 3.57 Å². The summed E-state index contributed by atoms with van der Waals surface area (Å²) in [5.74, 6) is -0.118. The highest BCUT2D eigenvalue weighted by Crippen LogP contribution is 2.21. The highest BCUT2D eigenvalue weighted by molar-refractivity contribution is 14.1. The highest BCUT2D eigenvalue weighted by Gasteiger charge is 2.12. The Kier molecular flexibility index (Phi) is 4.01. The van der Waals surface area contributed by atoms with Gasteiger partial charge >= 0.3 is 0 Å². The molecule has 0 spiro atoms. The fourth-order valence-electron chi connectivity index (χ4n) is 2.04. The Bertz CT molecular complexity index is 769. The van der Waals surface area contributed by atoms with Gasteiger partial charge in [0.15, 0.2) is 0 Å². The van der Waals surface area contributed by atoms with Gasteiger partial charge in [-0.25, -0.2) is 4.98 Å². The number of rotatable bonds is 3. The zero-order valence-electron chi connectivity index (χ0n) is 11.0. The van der Waals surface area contributed by atoms with E-state index in [1.807, 2.05) is 59.3 Å². The van der Waals surface area contributed by atoms with Crippen molar-refractivity contribution in [3.63, 3.8) is 0 Å². The summed E-state index contributed by atoms with van der Waals surface area (Å²) in [5.41, 5.74) is 2.30. The molecular weight excluding hydrogens is 377 g/mol. The minimum atomic E-state index is -0.118. The molecule has 3 aromatic rings. The Morgan fingerprint density at radius 1 is 1.10 bits per heavy atom. The molecule has 1 heterocycles. The Morgan fingerprint density at radius 3 is 2.62 bits per heavy atom. The molecule has 4 nitrogen and oxygen atoms in total. The van der Waals surface area contributed by atoms with Crippen LogP contribution in [0.3, 0.4) is 0 Å². The molecule has 0 radical (unpaired) electrons. The first-order chi connectivity index (χ1) is 10.3. The van der Waals surface area contributed by atoms with Crippen LogP contribution in [0.15, 0.2) is 67.3 Å². The minimum Gasteiger partial charge on any atom is -0.320 e. The van der Waals surface area contributed by atoms with E-state index in [1.54, 1.807) is 12.5 Å². The Hall–Kier alpha value is -2.15. The summed E-state index contributed by atoms with van der Waals surface area (Å²) in [4.78, 5) is 16.5. The highest BCUT2D eigenvalue weighted by atomic mass is 127. The van der Waals surface area contributed by atoms with Crippen LogP contribution in [0.1, 0.15) is 10.4 Å². The van der Waals surface area contributed by atoms with Crippen LogP contribution >= 0.6 is 22.6 Å². The third-order valence-electron chi connectivity index (χ3n) is 3.05. The average molecular weight is 389 g/mol. The second-order valence-electron chi connectivity index (χ2n) is 4.42. The van der Waals surface area contributed by atoms with Crippen molar-refractivity contribution in [3.8, 4) is 5.69 Å². The monoisotopic (exact) mass is 389 g/mol. The van der Waals surface area contributed by atoms with E-state index in [-0.39, 0.29) is 5.91 Å². The summed E-state index contributed by atoms with van der Waals surface area (Å²) >= 11 is 2.16. The lowest BCUT2D eigenvalue weighted by molar-refractivity contribution is 0.102. The number of aromatic nitrogens is 2. The van der Waals surface area contributed by atoms with Crippen LogP contribution in [-0.4, -0.2) is 15.5 Å². The van der Waals surface area contributed by atoms with Gasteiger partial charge in [-0.1, -0.05) is 24.3 Å². The fraction of sp³-hybridized carbons (Fsp3) is 0. The maximum atomic E-state index is 12.4. The lowest BCUT2D eigenvalue weighted by Gasteiger charge is -2.12. The molecule has 0 bridgehead atoms. The summed E-state index contributed by atoms with van der Waals surface area (Å²) in [7, 11) is 0. The van der Waals surface area contributed by atoms with Crippen LogP contribution in [0.2, 0.25) is 0 Å². The molecule has 0 saturated carbocycles. The maximum absolute atomic E-state index is 12.4. The van der Waals surface area contributed by atoms with Crippen molar-refractivity contribution in [2.75, 3.05) is 5.32 Å². The van der Waals surface area contributed by atoms with Gasteiger partial charge in [-0.3, -0.25) is 4.79 Å². The van der Waals surface area contributed by atoms with E-state index in [2.05, 4.69) is 32.9 Å². The summed E-state index contributed by atoms with van der Waals surface area (Å²) in [6.45, 7) is 0. The fourth-order valence-corrected chi connectivity index (χ4v) is 2.67. The van der Waals surface area contributed by atoms with E-state index < -0.39 is 0 Å². The third-order valence-corrected chi connectivity index (χ3v) is 3.99. The van der Waals surface area contributed by atoms with Gasteiger partial charge in [-0.15, -0.1) is 0 Å². The molecule has 104 valence electrons. The molecule has 3 rings (SSSR count). The standard InChI is InChI=1S/C16H12IN3O/c17-13-6-2-1-5-12(13)16(21)19-14-7-3-4-8-15(14)20-10-9-18-11-20/h1-11H,(H,19,21). The van der Waals surface area contributed by atoms with E-state index in [4.69, 9.17) is 0 Å². The first-order valence-corrected chi connectivity index (χ1v) is 7.47. The second kappa shape index (κ2) is 6.09. The number of hydrogen-bond donors (Lipinski definition) is 1. The van der Waals surface area contributed by atoms with Crippen LogP contribution < -0.4 is 5.32 Å². The first-order valence-electron chi connectivity index (χ1n) is 6.39. The number of nitrogens with zero attached hydrogens (tertiary/aromatic N) is 2. The van der Waals surface area contributed by atoms with Gasteiger partial charge in [0.05, 0.1) is 23.3 Å². The molecule has 1 N–H and O–H groups in total. The van der Waals surface area contributed by atoms with E-state index in [1.165, 1.54) is 0 Å². The summed E-state index contributed by atoms with van der Waals surface area (Å²) in [6, 6.07) is 15.1. The van der Waals surface area contributed by atoms with E-state index >= 15 is 0 Å². The number of nitrogens with one attached hydrogen (secondary N) is 1. The number of carbonyl (C=O) groups is 1. The molecule has 0 unspecified atom stereocenters. The lowest BCUT2D eigenvalue weighted by Crippen LogP contribution is -2.14. The number of hydrogen-bond acceptors (Lipinski definition) is 2. The summed E-state index contributed by atoms with van der Waals surface area (Å²) in [6.07, 6.45) is 5.26. The number of benzene rings is 2. The smallest absolute Gasteiger partial charge is 0.256 e. The zero-order chi connectivity index (χ0) is 14.7. The number of halogens is 1. The van der Waals surface area contributed by atoms with Crippen molar-refractivity contribution in [3.05, 3.63) is 76.4 Å². The molecule has 5 heteroatoms. The van der Waals surface area contributed by atoms with Crippen molar-refractivity contribution in [1.29, 1.82) is 0 Å². The minimum absolute atomic E-state index is 0.118. The SMILES string of the molecule is O=C(Nc1ccccc1-n1ccnc1)c1ccccc1I. The van der Waals surface area contributed by atoms with E-state index in [0.29, 0.717) is 5.56 Å². The molecule has 1 amide bonds. The lowest BCUT2D eigenvalue weighted by atomic mass is 10.2. The van der Waals surface area contributed by atoms with Gasteiger partial charge in [0.25, 0.3) is 5.91 Å². The molecular formula is C16H12IN3O. The Morgan fingerprint density at radius 2 is 1.86 bits per heavy atom.